The number of likely N-dealkylation sites (N-methyl/N-ethyl adjacent to an activating group) is 1. The number of nitrogens with one attached hydrogen (secondary N) is 1. The summed E-state index contributed by atoms with van der Waals surface area (Å²) in [4.78, 5) is 27.4. The maximum absolute atomic E-state index is 13.7. The largest absolute Gasteiger partial charge is 0.497 e. The van der Waals surface area contributed by atoms with Gasteiger partial charge < -0.3 is 15.0 Å². The lowest BCUT2D eigenvalue weighted by atomic mass is 10.1. The zero-order valence-corrected chi connectivity index (χ0v) is 22.0. The minimum atomic E-state index is -4.30. The molecule has 202 valence electrons. The van der Waals surface area contributed by atoms with Crippen LogP contribution in [0.15, 0.2) is 77.7 Å². The van der Waals surface area contributed by atoms with E-state index in [0.29, 0.717) is 17.9 Å². The van der Waals surface area contributed by atoms with Gasteiger partial charge in [0.05, 0.1) is 17.7 Å². The summed E-state index contributed by atoms with van der Waals surface area (Å²) in [6.07, 6.45) is 0. The highest BCUT2D eigenvalue weighted by Crippen LogP contribution is 2.26. The predicted molar refractivity (Wildman–Crippen MR) is 139 cm³/mol. The van der Waals surface area contributed by atoms with Crippen LogP contribution in [-0.4, -0.2) is 51.4 Å². The molecular formula is C27H29F2N3O5S. The molecule has 0 saturated heterocycles. The first-order chi connectivity index (χ1) is 18.1. The normalized spacial score (nSPS) is 11.9. The number of methoxy groups -OCH3 is 1. The van der Waals surface area contributed by atoms with E-state index in [2.05, 4.69) is 5.32 Å². The Morgan fingerprint density at radius 3 is 2.00 bits per heavy atom. The van der Waals surface area contributed by atoms with Crippen molar-refractivity contribution in [1.82, 2.24) is 10.2 Å². The van der Waals surface area contributed by atoms with E-state index in [4.69, 9.17) is 4.74 Å². The van der Waals surface area contributed by atoms with Crippen LogP contribution < -0.4 is 14.4 Å². The van der Waals surface area contributed by atoms with Crippen LogP contribution in [0.1, 0.15) is 19.4 Å². The third kappa shape index (κ3) is 6.86. The molecule has 0 fully saturated rings. The van der Waals surface area contributed by atoms with Gasteiger partial charge in [-0.3, -0.25) is 13.9 Å². The van der Waals surface area contributed by atoms with Crippen molar-refractivity contribution < 1.29 is 31.5 Å². The molecule has 38 heavy (non-hydrogen) atoms. The van der Waals surface area contributed by atoms with Crippen molar-refractivity contribution in [3.63, 3.8) is 0 Å². The predicted octanol–water partition coefficient (Wildman–Crippen LogP) is 3.72. The monoisotopic (exact) mass is 545 g/mol. The summed E-state index contributed by atoms with van der Waals surface area (Å²) in [7, 11) is -2.85. The van der Waals surface area contributed by atoms with Crippen molar-refractivity contribution in [1.29, 1.82) is 0 Å². The Hall–Kier alpha value is -3.99. The van der Waals surface area contributed by atoms with Crippen LogP contribution in [0.2, 0.25) is 0 Å². The van der Waals surface area contributed by atoms with Gasteiger partial charge in [0, 0.05) is 13.1 Å². The molecule has 1 atom stereocenters. The summed E-state index contributed by atoms with van der Waals surface area (Å²) in [5.74, 6) is -1.72. The molecule has 0 heterocycles. The molecule has 0 aromatic heterocycles. The molecule has 3 aromatic carbocycles. The van der Waals surface area contributed by atoms with Gasteiger partial charge in [0.25, 0.3) is 10.0 Å². The van der Waals surface area contributed by atoms with E-state index in [1.165, 1.54) is 79.6 Å². The molecule has 3 aromatic rings. The number of carbonyl (C=O) groups is 2. The highest BCUT2D eigenvalue weighted by molar-refractivity contribution is 7.92. The fraction of sp³-hybridized carbons (Fsp3) is 0.259. The number of hydrogen-bond donors (Lipinski definition) is 1. The summed E-state index contributed by atoms with van der Waals surface area (Å²) in [5.41, 5.74) is 0.602. The molecule has 0 radical (unpaired) electrons. The van der Waals surface area contributed by atoms with Gasteiger partial charge in [0.1, 0.15) is 30.0 Å². The third-order valence-corrected chi connectivity index (χ3v) is 7.61. The fourth-order valence-corrected chi connectivity index (χ4v) is 5.12. The molecule has 0 spiro atoms. The first kappa shape index (κ1) is 28.6. The van der Waals surface area contributed by atoms with Crippen molar-refractivity contribution in [2.75, 3.05) is 24.5 Å². The number of nitrogens with zero attached hydrogens (tertiary/aromatic N) is 2. The van der Waals surface area contributed by atoms with Crippen LogP contribution >= 0.6 is 0 Å². The third-order valence-electron chi connectivity index (χ3n) is 5.83. The van der Waals surface area contributed by atoms with Crippen molar-refractivity contribution in [2.45, 2.75) is 31.3 Å². The maximum atomic E-state index is 13.7. The molecule has 0 saturated carbocycles. The van der Waals surface area contributed by atoms with Gasteiger partial charge in [-0.25, -0.2) is 17.2 Å². The van der Waals surface area contributed by atoms with Gasteiger partial charge in [0.2, 0.25) is 11.8 Å². The Labute approximate surface area is 220 Å². The lowest BCUT2D eigenvalue weighted by Gasteiger charge is -2.32. The van der Waals surface area contributed by atoms with Crippen molar-refractivity contribution in [2.24, 2.45) is 0 Å². The number of anilines is 1. The highest BCUT2D eigenvalue weighted by Gasteiger charge is 2.32. The molecule has 0 aliphatic rings. The van der Waals surface area contributed by atoms with E-state index in [-0.39, 0.29) is 17.1 Å². The lowest BCUT2D eigenvalue weighted by molar-refractivity contribution is -0.139. The zero-order valence-electron chi connectivity index (χ0n) is 21.2. The Morgan fingerprint density at radius 1 is 0.921 bits per heavy atom. The summed E-state index contributed by atoms with van der Waals surface area (Å²) in [5, 5.41) is 2.66. The standard InChI is InChI=1S/C27H29F2N3O5S/c1-4-30-27(34)19(2)31(17-20-5-7-21(28)8-6-20)26(33)18-32(23-11-9-22(29)10-12-23)38(35,36)25-15-13-24(37-3)14-16-25/h5-16,19H,4,17-18H2,1-3H3,(H,30,34)/t19-/m0/s1. The molecule has 0 aliphatic heterocycles. The highest BCUT2D eigenvalue weighted by atomic mass is 32.2. The molecule has 0 unspecified atom stereocenters. The van der Waals surface area contributed by atoms with Crippen LogP contribution in [0, 0.1) is 11.6 Å². The molecule has 0 bridgehead atoms. The van der Waals surface area contributed by atoms with Gasteiger partial charge in [0.15, 0.2) is 0 Å². The number of ether oxygens (including phenoxy) is 1. The van der Waals surface area contributed by atoms with E-state index < -0.39 is 46.1 Å². The quantitative estimate of drug-likeness (QED) is 0.396. The van der Waals surface area contributed by atoms with Gasteiger partial charge in [-0.2, -0.15) is 0 Å². The number of amides is 2. The summed E-state index contributed by atoms with van der Waals surface area (Å²) in [6.45, 7) is 2.83. The van der Waals surface area contributed by atoms with Crippen LogP contribution in [0.25, 0.3) is 0 Å². The average Bonchev–Trinajstić information content (AvgIpc) is 2.91. The van der Waals surface area contributed by atoms with Crippen LogP contribution in [0.3, 0.4) is 0 Å². The number of sulfonamides is 1. The van der Waals surface area contributed by atoms with E-state index >= 15 is 0 Å². The average molecular weight is 546 g/mol. The first-order valence-electron chi connectivity index (χ1n) is 11.8. The van der Waals surface area contributed by atoms with Crippen molar-refractivity contribution in [3.8, 4) is 5.75 Å². The maximum Gasteiger partial charge on any atom is 0.264 e. The molecule has 3 rings (SSSR count). The Bertz CT molecular complexity index is 1350. The summed E-state index contributed by atoms with van der Waals surface area (Å²) in [6, 6.07) is 14.7. The van der Waals surface area contributed by atoms with Gasteiger partial charge in [-0.05, 0) is 80.1 Å². The molecule has 8 nitrogen and oxygen atoms in total. The first-order valence-corrected chi connectivity index (χ1v) is 13.2. The smallest absolute Gasteiger partial charge is 0.264 e. The molecule has 1 N–H and O–H groups in total. The summed E-state index contributed by atoms with van der Waals surface area (Å²) >= 11 is 0. The number of rotatable bonds is 11. The van der Waals surface area contributed by atoms with Gasteiger partial charge in [-0.1, -0.05) is 12.1 Å². The molecular weight excluding hydrogens is 516 g/mol. The minimum absolute atomic E-state index is 0.0583. The number of hydrogen-bond acceptors (Lipinski definition) is 5. The van der Waals surface area contributed by atoms with Crippen molar-refractivity contribution >= 4 is 27.5 Å². The molecule has 0 aliphatic carbocycles. The van der Waals surface area contributed by atoms with Gasteiger partial charge >= 0.3 is 0 Å². The van der Waals surface area contributed by atoms with E-state index in [9.17, 15) is 26.8 Å². The van der Waals surface area contributed by atoms with E-state index in [1.807, 2.05) is 0 Å². The number of carbonyl (C=O) groups excluding carboxylic acids is 2. The van der Waals surface area contributed by atoms with Gasteiger partial charge in [-0.15, -0.1) is 0 Å². The SMILES string of the molecule is CCNC(=O)[C@H](C)N(Cc1ccc(F)cc1)C(=O)CN(c1ccc(F)cc1)S(=O)(=O)c1ccc(OC)cc1. The number of halogens is 2. The zero-order chi connectivity index (χ0) is 27.9. The Kier molecular flexibility index (Phi) is 9.40. The van der Waals surface area contributed by atoms with Crippen LogP contribution in [-0.2, 0) is 26.2 Å². The fourth-order valence-electron chi connectivity index (χ4n) is 3.70. The Balaban J connectivity index is 2.01. The topological polar surface area (TPSA) is 96.0 Å². The van der Waals surface area contributed by atoms with Crippen LogP contribution in [0.4, 0.5) is 14.5 Å². The van der Waals surface area contributed by atoms with Crippen LogP contribution in [0.5, 0.6) is 5.75 Å². The second-order valence-electron chi connectivity index (χ2n) is 8.38. The summed E-state index contributed by atoms with van der Waals surface area (Å²) < 4.78 is 60.4. The number of benzene rings is 3. The van der Waals surface area contributed by atoms with E-state index in [1.54, 1.807) is 6.92 Å². The second-order valence-corrected chi connectivity index (χ2v) is 10.2. The lowest BCUT2D eigenvalue weighted by Crippen LogP contribution is -2.51. The molecule has 2 amide bonds. The second kappa shape index (κ2) is 12.5. The van der Waals surface area contributed by atoms with E-state index in [0.717, 1.165) is 16.4 Å². The minimum Gasteiger partial charge on any atom is -0.497 e. The van der Waals surface area contributed by atoms with Crippen molar-refractivity contribution in [3.05, 3.63) is 90.0 Å². The Morgan fingerprint density at radius 2 is 1.47 bits per heavy atom. The molecule has 11 heteroatoms.